The number of carbonyl (C=O) groups is 2. The Morgan fingerprint density at radius 1 is 1.17 bits per heavy atom. The van der Waals surface area contributed by atoms with Crippen molar-refractivity contribution in [3.63, 3.8) is 0 Å². The first-order valence-electron chi connectivity index (χ1n) is 7.31. The van der Waals surface area contributed by atoms with Crippen molar-refractivity contribution in [3.05, 3.63) is 52.0 Å². The van der Waals surface area contributed by atoms with Gasteiger partial charge in [-0.2, -0.15) is 0 Å². The normalized spacial score (nSPS) is 11.7. The Bertz CT molecular complexity index is 657. The zero-order valence-corrected chi connectivity index (χ0v) is 13.9. The van der Waals surface area contributed by atoms with E-state index in [1.165, 1.54) is 11.3 Å². The molecule has 6 nitrogen and oxygen atoms in total. The van der Waals surface area contributed by atoms with Crippen molar-refractivity contribution < 1.29 is 9.59 Å². The molecule has 0 aliphatic heterocycles. The number of nitrogens with zero attached hydrogens (tertiary/aromatic N) is 1. The second kappa shape index (κ2) is 8.40. The number of hydrazine groups is 1. The highest BCUT2D eigenvalue weighted by Gasteiger charge is 2.10. The van der Waals surface area contributed by atoms with Crippen LogP contribution in [0.5, 0.6) is 0 Å². The van der Waals surface area contributed by atoms with Gasteiger partial charge in [-0.25, -0.2) is 4.98 Å². The standard InChI is InChI=1S/C16H20N4O2S/c1-11-10-23-16(18-11)8-14(21)19-20-15(22)9-17-12(2)13-6-4-3-5-7-13/h3-7,10,12,17H,8-9H2,1-2H3,(H,19,21)(H,20,22)/t12-/m1/s1. The van der Waals surface area contributed by atoms with Crippen molar-refractivity contribution in [3.8, 4) is 0 Å². The maximum absolute atomic E-state index is 11.7. The highest BCUT2D eigenvalue weighted by molar-refractivity contribution is 7.09. The van der Waals surface area contributed by atoms with Crippen LogP contribution >= 0.6 is 11.3 Å². The van der Waals surface area contributed by atoms with Crippen molar-refractivity contribution >= 4 is 23.2 Å². The van der Waals surface area contributed by atoms with Gasteiger partial charge in [0, 0.05) is 17.1 Å². The second-order valence-electron chi connectivity index (χ2n) is 5.17. The smallest absolute Gasteiger partial charge is 0.252 e. The second-order valence-corrected chi connectivity index (χ2v) is 6.11. The fourth-order valence-electron chi connectivity index (χ4n) is 1.95. The number of hydrogen-bond acceptors (Lipinski definition) is 5. The summed E-state index contributed by atoms with van der Waals surface area (Å²) in [6.45, 7) is 3.97. The van der Waals surface area contributed by atoms with E-state index < -0.39 is 0 Å². The summed E-state index contributed by atoms with van der Waals surface area (Å²) >= 11 is 1.43. The molecule has 0 spiro atoms. The molecule has 0 radical (unpaired) electrons. The van der Waals surface area contributed by atoms with Gasteiger partial charge in [0.2, 0.25) is 5.91 Å². The third-order valence-electron chi connectivity index (χ3n) is 3.19. The van der Waals surface area contributed by atoms with Crippen molar-refractivity contribution in [2.75, 3.05) is 6.54 Å². The molecule has 1 aromatic carbocycles. The number of amides is 2. The minimum atomic E-state index is -0.295. The number of nitrogens with one attached hydrogen (secondary N) is 3. The van der Waals surface area contributed by atoms with Crippen molar-refractivity contribution in [1.82, 2.24) is 21.2 Å². The van der Waals surface area contributed by atoms with Gasteiger partial charge in [-0.1, -0.05) is 30.3 Å². The molecule has 2 aromatic rings. The first kappa shape index (κ1) is 17.1. The first-order chi connectivity index (χ1) is 11.0. The fourth-order valence-corrected chi connectivity index (χ4v) is 2.72. The van der Waals surface area contributed by atoms with Gasteiger partial charge < -0.3 is 5.32 Å². The highest BCUT2D eigenvalue weighted by Crippen LogP contribution is 2.10. The predicted molar refractivity (Wildman–Crippen MR) is 89.7 cm³/mol. The van der Waals surface area contributed by atoms with Crippen molar-refractivity contribution in [2.45, 2.75) is 26.3 Å². The lowest BCUT2D eigenvalue weighted by Gasteiger charge is -2.14. The lowest BCUT2D eigenvalue weighted by Crippen LogP contribution is -2.46. The molecule has 0 fully saturated rings. The molecule has 2 rings (SSSR count). The van der Waals surface area contributed by atoms with Gasteiger partial charge in [0.15, 0.2) is 0 Å². The average molecular weight is 332 g/mol. The largest absolute Gasteiger partial charge is 0.302 e. The molecule has 7 heteroatoms. The van der Waals surface area contributed by atoms with E-state index in [-0.39, 0.29) is 30.8 Å². The molecule has 0 unspecified atom stereocenters. The van der Waals surface area contributed by atoms with Crippen LogP contribution in [0.3, 0.4) is 0 Å². The van der Waals surface area contributed by atoms with Crippen LogP contribution in [0.15, 0.2) is 35.7 Å². The lowest BCUT2D eigenvalue weighted by molar-refractivity contribution is -0.128. The lowest BCUT2D eigenvalue weighted by atomic mass is 10.1. The van der Waals surface area contributed by atoms with Crippen LogP contribution in [0.4, 0.5) is 0 Å². The molecule has 0 saturated carbocycles. The molecule has 23 heavy (non-hydrogen) atoms. The van der Waals surface area contributed by atoms with E-state index in [2.05, 4.69) is 21.2 Å². The molecule has 3 N–H and O–H groups in total. The van der Waals surface area contributed by atoms with Crippen LogP contribution in [0.1, 0.15) is 29.2 Å². The fraction of sp³-hybridized carbons (Fsp3) is 0.312. The van der Waals surface area contributed by atoms with Gasteiger partial charge in [-0.05, 0) is 19.4 Å². The van der Waals surface area contributed by atoms with Gasteiger partial charge in [0.25, 0.3) is 5.91 Å². The van der Waals surface area contributed by atoms with E-state index >= 15 is 0 Å². The first-order valence-corrected chi connectivity index (χ1v) is 8.19. The summed E-state index contributed by atoms with van der Waals surface area (Å²) in [4.78, 5) is 27.6. The summed E-state index contributed by atoms with van der Waals surface area (Å²) < 4.78 is 0. The summed E-state index contributed by atoms with van der Waals surface area (Å²) in [5.41, 5.74) is 6.77. The van der Waals surface area contributed by atoms with Crippen LogP contribution in [-0.2, 0) is 16.0 Å². The third-order valence-corrected chi connectivity index (χ3v) is 4.15. The molecule has 0 aliphatic rings. The van der Waals surface area contributed by atoms with E-state index in [9.17, 15) is 9.59 Å². The Kier molecular flexibility index (Phi) is 6.25. The van der Waals surface area contributed by atoms with Crippen LogP contribution < -0.4 is 16.2 Å². The van der Waals surface area contributed by atoms with Crippen molar-refractivity contribution in [2.24, 2.45) is 0 Å². The molecule has 0 aliphatic carbocycles. The Labute approximate surface area is 139 Å². The van der Waals surface area contributed by atoms with Crippen LogP contribution in [-0.4, -0.2) is 23.3 Å². The molecule has 1 heterocycles. The number of hydrogen-bond donors (Lipinski definition) is 3. The topological polar surface area (TPSA) is 83.1 Å². The average Bonchev–Trinajstić information content (AvgIpc) is 2.96. The van der Waals surface area contributed by atoms with E-state index in [0.717, 1.165) is 16.3 Å². The van der Waals surface area contributed by atoms with Crippen LogP contribution in [0, 0.1) is 6.92 Å². The quantitative estimate of drug-likeness (QED) is 0.700. The monoisotopic (exact) mass is 332 g/mol. The summed E-state index contributed by atoms with van der Waals surface area (Å²) in [6, 6.07) is 9.89. The molecular formula is C16H20N4O2S. The minimum absolute atomic E-state index is 0.0518. The Morgan fingerprint density at radius 2 is 1.87 bits per heavy atom. The maximum atomic E-state index is 11.7. The summed E-state index contributed by atoms with van der Waals surface area (Å²) in [7, 11) is 0. The number of rotatable bonds is 6. The molecule has 0 bridgehead atoms. The Hall–Kier alpha value is -2.25. The van der Waals surface area contributed by atoms with E-state index in [4.69, 9.17) is 0 Å². The molecule has 2 amide bonds. The number of aryl methyl sites for hydroxylation is 1. The molecule has 0 saturated heterocycles. The summed E-state index contributed by atoms with van der Waals surface area (Å²) in [6.07, 6.45) is 0.159. The van der Waals surface area contributed by atoms with E-state index in [1.54, 1.807) is 0 Å². The number of aromatic nitrogens is 1. The number of benzene rings is 1. The van der Waals surface area contributed by atoms with Gasteiger partial charge in [0.1, 0.15) is 5.01 Å². The van der Waals surface area contributed by atoms with E-state index in [1.807, 2.05) is 49.6 Å². The number of thiazole rings is 1. The summed E-state index contributed by atoms with van der Waals surface area (Å²) in [5, 5.41) is 5.71. The SMILES string of the molecule is Cc1csc(CC(=O)NNC(=O)CN[C@H](C)c2ccccc2)n1. The Morgan fingerprint density at radius 3 is 2.52 bits per heavy atom. The zero-order chi connectivity index (χ0) is 16.7. The van der Waals surface area contributed by atoms with Gasteiger partial charge in [0.05, 0.1) is 13.0 Å². The summed E-state index contributed by atoms with van der Waals surface area (Å²) in [5.74, 6) is -0.583. The molecule has 1 aromatic heterocycles. The Balaban J connectivity index is 1.67. The van der Waals surface area contributed by atoms with Crippen LogP contribution in [0.25, 0.3) is 0 Å². The van der Waals surface area contributed by atoms with E-state index in [0.29, 0.717) is 0 Å². The van der Waals surface area contributed by atoms with Crippen LogP contribution in [0.2, 0.25) is 0 Å². The molecular weight excluding hydrogens is 312 g/mol. The van der Waals surface area contributed by atoms with Gasteiger partial charge in [-0.3, -0.25) is 20.4 Å². The molecule has 122 valence electrons. The minimum Gasteiger partial charge on any atom is -0.302 e. The maximum Gasteiger partial charge on any atom is 0.252 e. The van der Waals surface area contributed by atoms with Gasteiger partial charge >= 0.3 is 0 Å². The third kappa shape index (κ3) is 5.80. The van der Waals surface area contributed by atoms with Gasteiger partial charge in [-0.15, -0.1) is 11.3 Å². The highest BCUT2D eigenvalue weighted by atomic mass is 32.1. The number of carbonyl (C=O) groups excluding carboxylic acids is 2. The zero-order valence-electron chi connectivity index (χ0n) is 13.1. The predicted octanol–water partition coefficient (Wildman–Crippen LogP) is 1.49. The molecule has 1 atom stereocenters. The van der Waals surface area contributed by atoms with Crippen molar-refractivity contribution in [1.29, 1.82) is 0 Å².